The molecule has 1 heterocycles. The van der Waals surface area contributed by atoms with E-state index in [2.05, 4.69) is 65.8 Å². The summed E-state index contributed by atoms with van der Waals surface area (Å²) in [6.45, 7) is 5.55. The topological polar surface area (TPSA) is 33.7 Å². The lowest BCUT2D eigenvalue weighted by atomic mass is 9.81. The number of hydrogen-bond acceptors (Lipinski definition) is 4. The molecule has 4 heteroatoms. The predicted octanol–water partition coefficient (Wildman–Crippen LogP) is 4.38. The van der Waals surface area contributed by atoms with Gasteiger partial charge in [-0.25, -0.2) is 0 Å². The molecule has 1 saturated carbocycles. The van der Waals surface area contributed by atoms with Crippen molar-refractivity contribution < 1.29 is 9.47 Å². The van der Waals surface area contributed by atoms with Crippen LogP contribution in [-0.2, 0) is 13.1 Å². The van der Waals surface area contributed by atoms with Crippen LogP contribution in [-0.4, -0.2) is 36.7 Å². The van der Waals surface area contributed by atoms with Gasteiger partial charge < -0.3 is 14.8 Å². The molecule has 0 unspecified atom stereocenters. The fourth-order valence-corrected chi connectivity index (χ4v) is 4.57. The van der Waals surface area contributed by atoms with E-state index in [9.17, 15) is 0 Å². The van der Waals surface area contributed by atoms with Crippen molar-refractivity contribution in [3.05, 3.63) is 59.7 Å². The number of rotatable bonds is 5. The molecule has 28 heavy (non-hydrogen) atoms. The third-order valence-corrected chi connectivity index (χ3v) is 6.22. The van der Waals surface area contributed by atoms with Gasteiger partial charge in [0.1, 0.15) is 17.1 Å². The van der Waals surface area contributed by atoms with E-state index in [1.54, 1.807) is 0 Å². The van der Waals surface area contributed by atoms with E-state index in [4.69, 9.17) is 9.47 Å². The Kier molecular flexibility index (Phi) is 5.88. The van der Waals surface area contributed by atoms with E-state index in [1.807, 2.05) is 6.92 Å². The molecule has 1 spiro atoms. The van der Waals surface area contributed by atoms with Crippen LogP contribution in [0, 0.1) is 0 Å². The number of para-hydroxylation sites is 1. The highest BCUT2D eigenvalue weighted by Gasteiger charge is 2.39. The fraction of sp³-hybridized carbons (Fsp3) is 0.500. The molecule has 0 saturated heterocycles. The highest BCUT2D eigenvalue weighted by atomic mass is 16.5. The Morgan fingerprint density at radius 1 is 1.11 bits per heavy atom. The summed E-state index contributed by atoms with van der Waals surface area (Å²) in [5, 5.41) is 3.61. The third-order valence-electron chi connectivity index (χ3n) is 6.22. The summed E-state index contributed by atoms with van der Waals surface area (Å²) in [5.74, 6) is 2.01. The molecule has 4 rings (SSSR count). The van der Waals surface area contributed by atoms with E-state index >= 15 is 0 Å². The zero-order chi connectivity index (χ0) is 19.4. The first-order valence-electron chi connectivity index (χ1n) is 10.6. The van der Waals surface area contributed by atoms with Gasteiger partial charge in [-0.3, -0.25) is 4.90 Å². The molecule has 2 aromatic carbocycles. The fourth-order valence-electron chi connectivity index (χ4n) is 4.57. The summed E-state index contributed by atoms with van der Waals surface area (Å²) in [5.41, 5.74) is 2.56. The molecule has 2 aliphatic rings. The predicted molar refractivity (Wildman–Crippen MR) is 113 cm³/mol. The lowest BCUT2D eigenvalue weighted by Gasteiger charge is -2.42. The van der Waals surface area contributed by atoms with Crippen LogP contribution in [0.5, 0.6) is 11.5 Å². The molecule has 2 aromatic rings. The maximum absolute atomic E-state index is 6.57. The highest BCUT2D eigenvalue weighted by molar-refractivity contribution is 5.35. The second-order valence-corrected chi connectivity index (χ2v) is 8.22. The maximum Gasteiger partial charge on any atom is 0.124 e. The molecule has 0 bridgehead atoms. The van der Waals surface area contributed by atoms with Crippen molar-refractivity contribution in [2.24, 2.45) is 0 Å². The summed E-state index contributed by atoms with van der Waals surface area (Å²) in [4.78, 5) is 2.50. The number of ether oxygens (including phenoxy) is 2. The Hall–Kier alpha value is -2.04. The summed E-state index contributed by atoms with van der Waals surface area (Å²) in [6.07, 6.45) is 4.56. The van der Waals surface area contributed by atoms with Crippen LogP contribution in [0.4, 0.5) is 0 Å². The van der Waals surface area contributed by atoms with Crippen molar-refractivity contribution in [1.82, 2.24) is 10.2 Å². The minimum atomic E-state index is -0.0525. The Bertz CT molecular complexity index is 766. The second-order valence-electron chi connectivity index (χ2n) is 8.22. The summed E-state index contributed by atoms with van der Waals surface area (Å²) in [6, 6.07) is 17.6. The standard InChI is InChI=1S/C24H32N2O2/c1-3-27-22-10-8-19(9-11-22)17-26(2)21-12-14-24(15-13-21)18-25-16-20-6-4-5-7-23(20)28-24/h4-11,21,25H,3,12-18H2,1-2H3. The van der Waals surface area contributed by atoms with Crippen LogP contribution < -0.4 is 14.8 Å². The zero-order valence-electron chi connectivity index (χ0n) is 17.1. The smallest absolute Gasteiger partial charge is 0.124 e. The van der Waals surface area contributed by atoms with E-state index < -0.39 is 0 Å². The maximum atomic E-state index is 6.57. The van der Waals surface area contributed by atoms with E-state index in [1.165, 1.54) is 24.0 Å². The summed E-state index contributed by atoms with van der Waals surface area (Å²) in [7, 11) is 2.25. The van der Waals surface area contributed by atoms with E-state index in [0.717, 1.165) is 44.0 Å². The Morgan fingerprint density at radius 3 is 2.61 bits per heavy atom. The van der Waals surface area contributed by atoms with Crippen molar-refractivity contribution in [3.63, 3.8) is 0 Å². The van der Waals surface area contributed by atoms with Crippen LogP contribution in [0.2, 0.25) is 0 Å². The van der Waals surface area contributed by atoms with Crippen LogP contribution >= 0.6 is 0 Å². The van der Waals surface area contributed by atoms with Crippen molar-refractivity contribution in [2.75, 3.05) is 20.2 Å². The Labute approximate surface area is 168 Å². The largest absolute Gasteiger partial charge is 0.494 e. The molecular formula is C24H32N2O2. The molecule has 0 aromatic heterocycles. The molecular weight excluding hydrogens is 348 g/mol. The van der Waals surface area contributed by atoms with Gasteiger partial charge in [0.2, 0.25) is 0 Å². The molecule has 0 atom stereocenters. The van der Waals surface area contributed by atoms with Crippen molar-refractivity contribution in [3.8, 4) is 11.5 Å². The van der Waals surface area contributed by atoms with Crippen molar-refractivity contribution >= 4 is 0 Å². The molecule has 150 valence electrons. The highest BCUT2D eigenvalue weighted by Crippen LogP contribution is 2.37. The average Bonchev–Trinajstić information content (AvgIpc) is 2.89. The van der Waals surface area contributed by atoms with Crippen LogP contribution in [0.15, 0.2) is 48.5 Å². The van der Waals surface area contributed by atoms with Crippen LogP contribution in [0.3, 0.4) is 0 Å². The van der Waals surface area contributed by atoms with Crippen molar-refractivity contribution in [1.29, 1.82) is 0 Å². The second kappa shape index (κ2) is 8.54. The molecule has 1 aliphatic heterocycles. The quantitative estimate of drug-likeness (QED) is 0.835. The number of benzene rings is 2. The summed E-state index contributed by atoms with van der Waals surface area (Å²) >= 11 is 0. The van der Waals surface area contributed by atoms with Gasteiger partial charge in [0.15, 0.2) is 0 Å². The van der Waals surface area contributed by atoms with Gasteiger partial charge in [0.25, 0.3) is 0 Å². The van der Waals surface area contributed by atoms with E-state index in [-0.39, 0.29) is 5.60 Å². The first-order valence-corrected chi connectivity index (χ1v) is 10.6. The molecule has 1 aliphatic carbocycles. The first-order chi connectivity index (χ1) is 13.7. The minimum Gasteiger partial charge on any atom is -0.494 e. The molecule has 1 fully saturated rings. The van der Waals surface area contributed by atoms with Gasteiger partial charge in [-0.15, -0.1) is 0 Å². The summed E-state index contributed by atoms with van der Waals surface area (Å²) < 4.78 is 12.1. The minimum absolute atomic E-state index is 0.0525. The van der Waals surface area contributed by atoms with Gasteiger partial charge in [-0.2, -0.15) is 0 Å². The molecule has 0 amide bonds. The first kappa shape index (κ1) is 19.3. The lowest BCUT2D eigenvalue weighted by Crippen LogP contribution is -2.50. The Morgan fingerprint density at radius 2 is 1.86 bits per heavy atom. The van der Waals surface area contributed by atoms with Crippen LogP contribution in [0.25, 0.3) is 0 Å². The zero-order valence-corrected chi connectivity index (χ0v) is 17.1. The van der Waals surface area contributed by atoms with Crippen molar-refractivity contribution in [2.45, 2.75) is 57.3 Å². The van der Waals surface area contributed by atoms with Gasteiger partial charge in [0, 0.05) is 31.2 Å². The average molecular weight is 381 g/mol. The van der Waals surface area contributed by atoms with Gasteiger partial charge in [-0.1, -0.05) is 30.3 Å². The lowest BCUT2D eigenvalue weighted by molar-refractivity contribution is 0.00873. The normalized spacial score (nSPS) is 24.5. The molecule has 4 nitrogen and oxygen atoms in total. The number of nitrogens with one attached hydrogen (secondary N) is 1. The monoisotopic (exact) mass is 380 g/mol. The van der Waals surface area contributed by atoms with Gasteiger partial charge in [-0.05, 0) is 63.4 Å². The number of fused-ring (bicyclic) bond motifs is 1. The number of nitrogens with zero attached hydrogens (tertiary/aromatic N) is 1. The molecule has 0 radical (unpaired) electrons. The van der Waals surface area contributed by atoms with Crippen LogP contribution in [0.1, 0.15) is 43.7 Å². The van der Waals surface area contributed by atoms with Gasteiger partial charge >= 0.3 is 0 Å². The van der Waals surface area contributed by atoms with E-state index in [0.29, 0.717) is 12.6 Å². The SMILES string of the molecule is CCOc1ccc(CN(C)C2CCC3(CC2)CNCc2ccccc2O3)cc1. The van der Waals surface area contributed by atoms with Gasteiger partial charge in [0.05, 0.1) is 6.61 Å². The third kappa shape index (κ3) is 4.34. The number of hydrogen-bond donors (Lipinski definition) is 1. The Balaban J connectivity index is 1.34. The molecule has 1 N–H and O–H groups in total.